The minimum absolute atomic E-state index is 0.0686. The molecule has 2 aromatic rings. The molecule has 1 amide bonds. The minimum atomic E-state index is -1.13. The number of amides is 1. The molecule has 0 aliphatic carbocycles. The van der Waals surface area contributed by atoms with Crippen molar-refractivity contribution in [3.8, 4) is 17.1 Å². The molecule has 0 bridgehead atoms. The number of nitrogens with one attached hydrogen (secondary N) is 1. The van der Waals surface area contributed by atoms with Crippen LogP contribution < -0.4 is 10.1 Å². The number of methoxy groups -OCH3 is 1. The maximum atomic E-state index is 11.8. The van der Waals surface area contributed by atoms with E-state index in [9.17, 15) is 9.59 Å². The number of aromatic carboxylic acids is 1. The first kappa shape index (κ1) is 16.6. The van der Waals surface area contributed by atoms with E-state index in [1.165, 1.54) is 13.2 Å². The first-order chi connectivity index (χ1) is 10.9. The summed E-state index contributed by atoms with van der Waals surface area (Å²) in [4.78, 5) is 22.7. The summed E-state index contributed by atoms with van der Waals surface area (Å²) in [6.45, 7) is 3.94. The number of carboxylic acid groups (broad SMARTS) is 1. The Hall–Kier alpha value is -2.76. The Balaban J connectivity index is 2.25. The molecular formula is C17H19NO5. The molecule has 0 spiro atoms. The highest BCUT2D eigenvalue weighted by Gasteiger charge is 2.15. The van der Waals surface area contributed by atoms with Gasteiger partial charge < -0.3 is 19.6 Å². The number of carbonyl (C=O) groups is 2. The molecule has 1 heterocycles. The van der Waals surface area contributed by atoms with Gasteiger partial charge in [-0.3, -0.25) is 4.79 Å². The van der Waals surface area contributed by atoms with E-state index in [-0.39, 0.29) is 17.6 Å². The highest BCUT2D eigenvalue weighted by Crippen LogP contribution is 2.33. The lowest BCUT2D eigenvalue weighted by Gasteiger charge is -2.11. The maximum absolute atomic E-state index is 11.8. The van der Waals surface area contributed by atoms with Crippen molar-refractivity contribution < 1.29 is 23.8 Å². The predicted molar refractivity (Wildman–Crippen MR) is 85.7 cm³/mol. The summed E-state index contributed by atoms with van der Waals surface area (Å²) < 4.78 is 10.6. The summed E-state index contributed by atoms with van der Waals surface area (Å²) in [7, 11) is 1.50. The molecule has 122 valence electrons. The zero-order chi connectivity index (χ0) is 17.0. The molecule has 2 N–H and O–H groups in total. The molecule has 0 aliphatic heterocycles. The third-order valence-corrected chi connectivity index (χ3v) is 3.16. The van der Waals surface area contributed by atoms with Crippen molar-refractivity contribution in [1.29, 1.82) is 0 Å². The number of furan rings is 1. The van der Waals surface area contributed by atoms with Crippen molar-refractivity contribution >= 4 is 17.6 Å². The summed E-state index contributed by atoms with van der Waals surface area (Å²) in [5, 5.41) is 11.7. The number of hydrogen-bond acceptors (Lipinski definition) is 4. The molecule has 23 heavy (non-hydrogen) atoms. The molecule has 1 aromatic carbocycles. The van der Waals surface area contributed by atoms with Crippen LogP contribution in [0.15, 0.2) is 34.7 Å². The van der Waals surface area contributed by atoms with E-state index in [1.54, 1.807) is 24.3 Å². The van der Waals surface area contributed by atoms with Gasteiger partial charge in [-0.05, 0) is 30.2 Å². The monoisotopic (exact) mass is 317 g/mol. The Morgan fingerprint density at radius 2 is 2.00 bits per heavy atom. The minimum Gasteiger partial charge on any atom is -0.496 e. The molecule has 0 radical (unpaired) electrons. The predicted octanol–water partition coefficient (Wildman–Crippen LogP) is 3.64. The van der Waals surface area contributed by atoms with E-state index in [1.807, 2.05) is 13.8 Å². The molecule has 0 fully saturated rings. The summed E-state index contributed by atoms with van der Waals surface area (Å²) in [6.07, 6.45) is 0.435. The average Bonchev–Trinajstić information content (AvgIpc) is 2.96. The van der Waals surface area contributed by atoms with Gasteiger partial charge in [0.1, 0.15) is 11.5 Å². The fourth-order valence-corrected chi connectivity index (χ4v) is 2.15. The van der Waals surface area contributed by atoms with Gasteiger partial charge in [0.25, 0.3) is 0 Å². The number of rotatable bonds is 6. The van der Waals surface area contributed by atoms with E-state index in [0.717, 1.165) is 0 Å². The maximum Gasteiger partial charge on any atom is 0.371 e. The highest BCUT2D eigenvalue weighted by atomic mass is 16.5. The van der Waals surface area contributed by atoms with E-state index in [4.69, 9.17) is 14.3 Å². The normalized spacial score (nSPS) is 10.6. The van der Waals surface area contributed by atoms with Gasteiger partial charge in [0.15, 0.2) is 0 Å². The third-order valence-electron chi connectivity index (χ3n) is 3.16. The summed E-state index contributed by atoms with van der Waals surface area (Å²) >= 11 is 0. The second-order valence-electron chi connectivity index (χ2n) is 5.53. The zero-order valence-electron chi connectivity index (χ0n) is 13.3. The fourth-order valence-electron chi connectivity index (χ4n) is 2.15. The third kappa shape index (κ3) is 4.12. The van der Waals surface area contributed by atoms with Gasteiger partial charge in [0, 0.05) is 18.2 Å². The highest BCUT2D eigenvalue weighted by molar-refractivity contribution is 5.91. The van der Waals surface area contributed by atoms with Gasteiger partial charge in [-0.1, -0.05) is 13.8 Å². The molecule has 1 aromatic heterocycles. The lowest BCUT2D eigenvalue weighted by molar-refractivity contribution is -0.116. The number of anilines is 1. The van der Waals surface area contributed by atoms with Crippen LogP contribution in [-0.2, 0) is 4.79 Å². The van der Waals surface area contributed by atoms with Crippen LogP contribution in [0.25, 0.3) is 11.3 Å². The van der Waals surface area contributed by atoms with E-state index < -0.39 is 5.97 Å². The van der Waals surface area contributed by atoms with E-state index in [2.05, 4.69) is 5.32 Å². The molecule has 0 atom stereocenters. The molecule has 6 heteroatoms. The molecule has 2 rings (SSSR count). The summed E-state index contributed by atoms with van der Waals surface area (Å²) in [5.74, 6) is -0.197. The Labute approximate surface area is 134 Å². The number of benzene rings is 1. The SMILES string of the molecule is COc1cc(NC(=O)CC(C)C)ccc1-c1ccc(C(=O)O)o1. The average molecular weight is 317 g/mol. The standard InChI is InChI=1S/C17H19NO5/c1-10(2)8-16(19)18-11-4-5-12(15(9-11)22-3)13-6-7-14(23-13)17(20)21/h4-7,9-10H,8H2,1-3H3,(H,18,19)(H,20,21). The number of carbonyl (C=O) groups excluding carboxylic acids is 1. The van der Waals surface area contributed by atoms with Gasteiger partial charge in [-0.2, -0.15) is 0 Å². The van der Waals surface area contributed by atoms with Crippen molar-refractivity contribution in [3.05, 3.63) is 36.1 Å². The fraction of sp³-hybridized carbons (Fsp3) is 0.294. The Morgan fingerprint density at radius 1 is 1.26 bits per heavy atom. The number of carboxylic acids is 1. The second-order valence-corrected chi connectivity index (χ2v) is 5.53. The van der Waals surface area contributed by atoms with Crippen LogP contribution in [0, 0.1) is 5.92 Å². The van der Waals surface area contributed by atoms with Crippen LogP contribution in [0.4, 0.5) is 5.69 Å². The van der Waals surface area contributed by atoms with Crippen LogP contribution in [0.2, 0.25) is 0 Å². The quantitative estimate of drug-likeness (QED) is 0.849. The van der Waals surface area contributed by atoms with Crippen molar-refractivity contribution in [2.24, 2.45) is 5.92 Å². The number of ether oxygens (including phenoxy) is 1. The zero-order valence-corrected chi connectivity index (χ0v) is 13.3. The van der Waals surface area contributed by atoms with Gasteiger partial charge in [-0.25, -0.2) is 4.79 Å². The molecule has 0 aliphatic rings. The lowest BCUT2D eigenvalue weighted by atomic mass is 10.1. The number of hydrogen-bond donors (Lipinski definition) is 2. The van der Waals surface area contributed by atoms with Crippen molar-refractivity contribution in [3.63, 3.8) is 0 Å². The summed E-state index contributed by atoms with van der Waals surface area (Å²) in [6, 6.07) is 8.07. The molecule has 6 nitrogen and oxygen atoms in total. The summed E-state index contributed by atoms with van der Waals surface area (Å²) in [5.41, 5.74) is 1.23. The van der Waals surface area contributed by atoms with Crippen molar-refractivity contribution in [2.45, 2.75) is 20.3 Å². The Morgan fingerprint density at radius 3 is 2.57 bits per heavy atom. The van der Waals surface area contributed by atoms with E-state index in [0.29, 0.717) is 29.2 Å². The first-order valence-corrected chi connectivity index (χ1v) is 7.22. The van der Waals surface area contributed by atoms with Gasteiger partial charge in [0.2, 0.25) is 11.7 Å². The van der Waals surface area contributed by atoms with Crippen LogP contribution in [-0.4, -0.2) is 24.1 Å². The lowest BCUT2D eigenvalue weighted by Crippen LogP contribution is -2.13. The van der Waals surface area contributed by atoms with E-state index >= 15 is 0 Å². The topological polar surface area (TPSA) is 88.8 Å². The van der Waals surface area contributed by atoms with Crippen LogP contribution in [0.3, 0.4) is 0 Å². The molecule has 0 saturated carbocycles. The second kappa shape index (κ2) is 7.00. The molecule has 0 unspecified atom stereocenters. The van der Waals surface area contributed by atoms with Crippen molar-refractivity contribution in [2.75, 3.05) is 12.4 Å². The van der Waals surface area contributed by atoms with Crippen LogP contribution in [0.1, 0.15) is 30.8 Å². The van der Waals surface area contributed by atoms with Crippen LogP contribution >= 0.6 is 0 Å². The Kier molecular flexibility index (Phi) is 5.05. The van der Waals surface area contributed by atoms with Gasteiger partial charge in [0.05, 0.1) is 12.7 Å². The Bertz CT molecular complexity index is 718. The van der Waals surface area contributed by atoms with Gasteiger partial charge in [-0.15, -0.1) is 0 Å². The van der Waals surface area contributed by atoms with Crippen LogP contribution in [0.5, 0.6) is 5.75 Å². The van der Waals surface area contributed by atoms with Gasteiger partial charge >= 0.3 is 5.97 Å². The largest absolute Gasteiger partial charge is 0.496 e. The smallest absolute Gasteiger partial charge is 0.371 e. The first-order valence-electron chi connectivity index (χ1n) is 7.22. The van der Waals surface area contributed by atoms with Crippen molar-refractivity contribution in [1.82, 2.24) is 0 Å². The molecular weight excluding hydrogens is 298 g/mol. The molecule has 0 saturated heterocycles.